The number of nitrogens with zero attached hydrogens (tertiary/aromatic N) is 1. The number of aromatic nitrogens is 1. The van der Waals surface area contributed by atoms with Gasteiger partial charge >= 0.3 is 0 Å². The van der Waals surface area contributed by atoms with Gasteiger partial charge in [0.15, 0.2) is 0 Å². The molecule has 0 saturated heterocycles. The van der Waals surface area contributed by atoms with Gasteiger partial charge in [0.2, 0.25) is 0 Å². The number of anilines is 2. The molecule has 2 N–H and O–H groups in total. The Morgan fingerprint density at radius 2 is 1.71 bits per heavy atom. The summed E-state index contributed by atoms with van der Waals surface area (Å²) in [6.45, 7) is 3.80. The highest BCUT2D eigenvalue weighted by molar-refractivity contribution is 5.54. The van der Waals surface area contributed by atoms with Crippen molar-refractivity contribution in [1.82, 2.24) is 4.98 Å². The molecular formula is C14H17N3. The molecule has 0 atom stereocenters. The summed E-state index contributed by atoms with van der Waals surface area (Å²) in [5, 5.41) is 6.60. The van der Waals surface area contributed by atoms with Gasteiger partial charge in [0.25, 0.3) is 0 Å². The van der Waals surface area contributed by atoms with E-state index >= 15 is 0 Å². The number of nitrogens with one attached hydrogen (secondary N) is 2. The molecule has 3 nitrogen and oxygen atoms in total. The van der Waals surface area contributed by atoms with E-state index in [4.69, 9.17) is 0 Å². The van der Waals surface area contributed by atoms with Gasteiger partial charge < -0.3 is 10.6 Å². The molecule has 1 aromatic carbocycles. The first-order valence-electron chi connectivity index (χ1n) is 5.85. The third kappa shape index (κ3) is 3.48. The first-order chi connectivity index (χ1) is 8.38. The van der Waals surface area contributed by atoms with E-state index in [1.54, 1.807) is 0 Å². The van der Waals surface area contributed by atoms with Crippen LogP contribution < -0.4 is 10.6 Å². The van der Waals surface area contributed by atoms with Crippen LogP contribution in [0.15, 0.2) is 48.8 Å². The zero-order chi connectivity index (χ0) is 11.9. The van der Waals surface area contributed by atoms with Crippen LogP contribution in [0.25, 0.3) is 0 Å². The maximum Gasteiger partial charge on any atom is 0.0550 e. The molecule has 2 aromatic rings. The quantitative estimate of drug-likeness (QED) is 0.824. The molecular weight excluding hydrogens is 210 g/mol. The predicted molar refractivity (Wildman–Crippen MR) is 72.2 cm³/mol. The van der Waals surface area contributed by atoms with E-state index < -0.39 is 0 Å². The summed E-state index contributed by atoms with van der Waals surface area (Å²) in [6.07, 6.45) is 3.67. The van der Waals surface area contributed by atoms with Crippen LogP contribution in [0.4, 0.5) is 11.4 Å². The van der Waals surface area contributed by atoms with Gasteiger partial charge in [-0.1, -0.05) is 30.3 Å². The van der Waals surface area contributed by atoms with Gasteiger partial charge in [0.05, 0.1) is 23.8 Å². The third-order valence-corrected chi connectivity index (χ3v) is 2.46. The Labute approximate surface area is 102 Å². The number of hydrogen-bond acceptors (Lipinski definition) is 3. The van der Waals surface area contributed by atoms with Gasteiger partial charge in [-0.25, -0.2) is 0 Å². The Morgan fingerprint density at radius 3 is 2.41 bits per heavy atom. The topological polar surface area (TPSA) is 37.0 Å². The van der Waals surface area contributed by atoms with Crippen LogP contribution in [-0.2, 0) is 6.54 Å². The zero-order valence-corrected chi connectivity index (χ0v) is 9.98. The first-order valence-corrected chi connectivity index (χ1v) is 5.85. The van der Waals surface area contributed by atoms with Gasteiger partial charge in [0.1, 0.15) is 0 Å². The van der Waals surface area contributed by atoms with Crippen LogP contribution in [0.3, 0.4) is 0 Å². The summed E-state index contributed by atoms with van der Waals surface area (Å²) < 4.78 is 0. The van der Waals surface area contributed by atoms with Crippen molar-refractivity contribution in [2.75, 3.05) is 17.2 Å². The molecule has 0 unspecified atom stereocenters. The van der Waals surface area contributed by atoms with Crippen molar-refractivity contribution in [3.05, 3.63) is 54.4 Å². The number of rotatable bonds is 5. The Kier molecular flexibility index (Phi) is 3.97. The fourth-order valence-electron chi connectivity index (χ4n) is 1.64. The zero-order valence-electron chi connectivity index (χ0n) is 9.98. The summed E-state index contributed by atoms with van der Waals surface area (Å²) in [5.74, 6) is 0. The minimum atomic E-state index is 0.818. The van der Waals surface area contributed by atoms with Crippen LogP contribution >= 0.6 is 0 Å². The number of benzene rings is 1. The van der Waals surface area contributed by atoms with Gasteiger partial charge in [-0.3, -0.25) is 4.98 Å². The van der Waals surface area contributed by atoms with E-state index in [9.17, 15) is 0 Å². The Balaban J connectivity index is 1.97. The van der Waals surface area contributed by atoms with E-state index in [-0.39, 0.29) is 0 Å². The molecule has 0 aliphatic heterocycles. The highest BCUT2D eigenvalue weighted by atomic mass is 14.9. The van der Waals surface area contributed by atoms with Gasteiger partial charge in [-0.15, -0.1) is 0 Å². The molecule has 88 valence electrons. The van der Waals surface area contributed by atoms with Crippen LogP contribution in [0, 0.1) is 0 Å². The van der Waals surface area contributed by atoms with E-state index in [2.05, 4.69) is 40.7 Å². The minimum Gasteiger partial charge on any atom is -0.384 e. The van der Waals surface area contributed by atoms with Crippen LogP contribution in [-0.4, -0.2) is 11.5 Å². The Morgan fingerprint density at radius 1 is 1.00 bits per heavy atom. The van der Waals surface area contributed by atoms with Crippen molar-refractivity contribution >= 4 is 11.4 Å². The highest BCUT2D eigenvalue weighted by Crippen LogP contribution is 2.13. The van der Waals surface area contributed by atoms with Crippen molar-refractivity contribution < 1.29 is 0 Å². The molecule has 0 fully saturated rings. The van der Waals surface area contributed by atoms with Crippen LogP contribution in [0.5, 0.6) is 0 Å². The summed E-state index contributed by atoms with van der Waals surface area (Å²) in [6, 6.07) is 12.4. The highest BCUT2D eigenvalue weighted by Gasteiger charge is 1.96. The minimum absolute atomic E-state index is 0.818. The molecule has 2 rings (SSSR count). The summed E-state index contributed by atoms with van der Waals surface area (Å²) in [7, 11) is 0. The van der Waals surface area contributed by atoms with Crippen molar-refractivity contribution in [3.8, 4) is 0 Å². The molecule has 0 saturated carbocycles. The molecule has 0 radical (unpaired) electrons. The van der Waals surface area contributed by atoms with E-state index in [1.807, 2.05) is 30.6 Å². The van der Waals surface area contributed by atoms with Gasteiger partial charge in [-0.05, 0) is 18.6 Å². The monoisotopic (exact) mass is 227 g/mol. The molecule has 3 heteroatoms. The molecule has 0 aliphatic carbocycles. The van der Waals surface area contributed by atoms with E-state index in [1.165, 1.54) is 5.56 Å². The maximum atomic E-state index is 4.19. The molecule has 1 heterocycles. The lowest BCUT2D eigenvalue weighted by Crippen LogP contribution is -2.02. The lowest BCUT2D eigenvalue weighted by atomic mass is 10.2. The molecule has 0 amide bonds. The summed E-state index contributed by atoms with van der Waals surface area (Å²) in [5.41, 5.74) is 3.35. The fourth-order valence-corrected chi connectivity index (χ4v) is 1.64. The second-order valence-electron chi connectivity index (χ2n) is 3.83. The normalized spacial score (nSPS) is 9.94. The van der Waals surface area contributed by atoms with E-state index in [0.29, 0.717) is 0 Å². The standard InChI is InChI=1S/C14H17N3/c1-2-16-13-8-14(11-15-10-13)17-9-12-6-4-3-5-7-12/h3-8,10-11,16-17H,2,9H2,1H3. The smallest absolute Gasteiger partial charge is 0.0550 e. The first kappa shape index (κ1) is 11.5. The van der Waals surface area contributed by atoms with Crippen LogP contribution in [0.2, 0.25) is 0 Å². The molecule has 0 spiro atoms. The maximum absolute atomic E-state index is 4.19. The molecule has 17 heavy (non-hydrogen) atoms. The van der Waals surface area contributed by atoms with Crippen LogP contribution in [0.1, 0.15) is 12.5 Å². The second-order valence-corrected chi connectivity index (χ2v) is 3.83. The summed E-state index contributed by atoms with van der Waals surface area (Å²) >= 11 is 0. The number of hydrogen-bond donors (Lipinski definition) is 2. The Bertz CT molecular complexity index is 454. The average molecular weight is 227 g/mol. The average Bonchev–Trinajstić information content (AvgIpc) is 2.39. The van der Waals surface area contributed by atoms with Gasteiger partial charge in [-0.2, -0.15) is 0 Å². The lowest BCUT2D eigenvalue weighted by Gasteiger charge is -2.08. The molecule has 0 aliphatic rings. The van der Waals surface area contributed by atoms with Gasteiger partial charge in [0, 0.05) is 13.1 Å². The van der Waals surface area contributed by atoms with Crippen molar-refractivity contribution in [1.29, 1.82) is 0 Å². The second kappa shape index (κ2) is 5.89. The van der Waals surface area contributed by atoms with Crippen molar-refractivity contribution in [2.45, 2.75) is 13.5 Å². The van der Waals surface area contributed by atoms with Crippen molar-refractivity contribution in [3.63, 3.8) is 0 Å². The lowest BCUT2D eigenvalue weighted by molar-refractivity contribution is 1.13. The van der Waals surface area contributed by atoms with E-state index in [0.717, 1.165) is 24.5 Å². The van der Waals surface area contributed by atoms with Crippen molar-refractivity contribution in [2.24, 2.45) is 0 Å². The molecule has 0 bridgehead atoms. The largest absolute Gasteiger partial charge is 0.384 e. The predicted octanol–water partition coefficient (Wildman–Crippen LogP) is 3.13. The SMILES string of the molecule is CCNc1cncc(NCc2ccccc2)c1. The number of pyridine rings is 1. The third-order valence-electron chi connectivity index (χ3n) is 2.46. The Hall–Kier alpha value is -2.03. The molecule has 1 aromatic heterocycles. The summed E-state index contributed by atoms with van der Waals surface area (Å²) in [4.78, 5) is 4.19. The fraction of sp³-hybridized carbons (Fsp3) is 0.214.